The lowest BCUT2D eigenvalue weighted by Gasteiger charge is -2.22. The van der Waals surface area contributed by atoms with Crippen LogP contribution in [0.4, 0.5) is 5.69 Å². The Morgan fingerprint density at radius 2 is 1.72 bits per heavy atom. The fraction of sp³-hybridized carbons (Fsp3) is 0.550. The van der Waals surface area contributed by atoms with E-state index in [9.17, 15) is 14.4 Å². The molecule has 5 nitrogen and oxygen atoms in total. The van der Waals surface area contributed by atoms with Crippen LogP contribution in [0.25, 0.3) is 0 Å². The second-order valence-electron chi connectivity index (χ2n) is 7.25. The van der Waals surface area contributed by atoms with Gasteiger partial charge < -0.3 is 4.90 Å². The quantitative estimate of drug-likeness (QED) is 0.791. The lowest BCUT2D eigenvalue weighted by atomic mass is 9.81. The third kappa shape index (κ3) is 3.20. The Hall–Kier alpha value is -2.17. The standard InChI is InChI=1S/C20H26N2O3/c1-13-7-6-10-17(14(13)2)21(3)18(23)11-12-22-19(24)15-8-4-5-9-16(15)20(22)25/h6-7,10,15-16H,4-5,8-9,11-12H2,1-3H3/t15-,16-/m1/s1. The highest BCUT2D eigenvalue weighted by Gasteiger charge is 2.47. The molecule has 25 heavy (non-hydrogen) atoms. The van der Waals surface area contributed by atoms with Gasteiger partial charge in [0.05, 0.1) is 11.8 Å². The molecular weight excluding hydrogens is 316 g/mol. The van der Waals surface area contributed by atoms with Crippen LogP contribution >= 0.6 is 0 Å². The monoisotopic (exact) mass is 342 g/mol. The molecule has 134 valence electrons. The SMILES string of the molecule is Cc1cccc(N(C)C(=O)CCN2C(=O)[C@@H]3CCCC[C@H]3C2=O)c1C. The van der Waals surface area contributed by atoms with E-state index in [2.05, 4.69) is 0 Å². The van der Waals surface area contributed by atoms with Crippen LogP contribution < -0.4 is 4.90 Å². The van der Waals surface area contributed by atoms with E-state index in [1.165, 1.54) is 4.90 Å². The number of carbonyl (C=O) groups is 3. The summed E-state index contributed by atoms with van der Waals surface area (Å²) in [6, 6.07) is 5.86. The van der Waals surface area contributed by atoms with Gasteiger partial charge in [-0.1, -0.05) is 25.0 Å². The van der Waals surface area contributed by atoms with Gasteiger partial charge in [-0.3, -0.25) is 19.3 Å². The third-order valence-corrected chi connectivity index (χ3v) is 5.79. The van der Waals surface area contributed by atoms with Crippen molar-refractivity contribution in [2.24, 2.45) is 11.8 Å². The number of hydrogen-bond donors (Lipinski definition) is 0. The lowest BCUT2D eigenvalue weighted by molar-refractivity contribution is -0.140. The van der Waals surface area contributed by atoms with Crippen LogP contribution in [0.3, 0.4) is 0 Å². The van der Waals surface area contributed by atoms with Crippen molar-refractivity contribution in [1.82, 2.24) is 4.90 Å². The Kier molecular flexibility index (Phi) is 4.93. The van der Waals surface area contributed by atoms with Crippen LogP contribution in [0.5, 0.6) is 0 Å². The number of benzene rings is 1. The molecule has 0 bridgehead atoms. The largest absolute Gasteiger partial charge is 0.315 e. The molecule has 5 heteroatoms. The first-order valence-electron chi connectivity index (χ1n) is 9.09. The van der Waals surface area contributed by atoms with Gasteiger partial charge in [0.25, 0.3) is 0 Å². The minimum Gasteiger partial charge on any atom is -0.315 e. The van der Waals surface area contributed by atoms with Crippen LogP contribution in [0, 0.1) is 25.7 Å². The summed E-state index contributed by atoms with van der Waals surface area (Å²) < 4.78 is 0. The van der Waals surface area contributed by atoms with Crippen molar-refractivity contribution < 1.29 is 14.4 Å². The topological polar surface area (TPSA) is 57.7 Å². The second-order valence-corrected chi connectivity index (χ2v) is 7.25. The zero-order chi connectivity index (χ0) is 18.1. The summed E-state index contributed by atoms with van der Waals surface area (Å²) in [5.74, 6) is -0.515. The van der Waals surface area contributed by atoms with Gasteiger partial charge in [0, 0.05) is 25.7 Å². The number of aryl methyl sites for hydroxylation is 1. The zero-order valence-corrected chi connectivity index (χ0v) is 15.2. The number of fused-ring (bicyclic) bond motifs is 1. The smallest absolute Gasteiger partial charge is 0.233 e. The van der Waals surface area contributed by atoms with E-state index in [1.54, 1.807) is 11.9 Å². The predicted molar refractivity (Wildman–Crippen MR) is 96.1 cm³/mol. The van der Waals surface area contributed by atoms with Crippen molar-refractivity contribution in [3.8, 4) is 0 Å². The normalized spacial score (nSPS) is 22.9. The molecular formula is C20H26N2O3. The molecule has 2 atom stereocenters. The molecule has 0 unspecified atom stereocenters. The van der Waals surface area contributed by atoms with Gasteiger partial charge >= 0.3 is 0 Å². The van der Waals surface area contributed by atoms with Gasteiger partial charge in [-0.2, -0.15) is 0 Å². The number of anilines is 1. The number of hydrogen-bond acceptors (Lipinski definition) is 3. The summed E-state index contributed by atoms with van der Waals surface area (Å²) >= 11 is 0. The minimum absolute atomic E-state index is 0.0723. The van der Waals surface area contributed by atoms with Crippen LogP contribution in [0.2, 0.25) is 0 Å². The summed E-state index contributed by atoms with van der Waals surface area (Å²) in [5, 5.41) is 0. The van der Waals surface area contributed by atoms with E-state index in [0.29, 0.717) is 0 Å². The highest BCUT2D eigenvalue weighted by Crippen LogP contribution is 2.38. The van der Waals surface area contributed by atoms with E-state index in [0.717, 1.165) is 42.5 Å². The van der Waals surface area contributed by atoms with Crippen molar-refractivity contribution in [3.63, 3.8) is 0 Å². The number of amides is 3. The van der Waals surface area contributed by atoms with Crippen LogP contribution in [0.15, 0.2) is 18.2 Å². The predicted octanol–water partition coefficient (Wildman–Crippen LogP) is 2.83. The summed E-state index contributed by atoms with van der Waals surface area (Å²) in [7, 11) is 1.75. The maximum Gasteiger partial charge on any atom is 0.233 e. The Labute approximate surface area is 149 Å². The fourth-order valence-corrected chi connectivity index (χ4v) is 4.06. The zero-order valence-electron chi connectivity index (χ0n) is 15.2. The maximum atomic E-state index is 12.6. The van der Waals surface area contributed by atoms with Crippen LogP contribution in [-0.4, -0.2) is 36.2 Å². The Morgan fingerprint density at radius 3 is 2.32 bits per heavy atom. The van der Waals surface area contributed by atoms with Crippen LogP contribution in [0.1, 0.15) is 43.2 Å². The highest BCUT2D eigenvalue weighted by molar-refractivity contribution is 6.05. The number of nitrogens with zero attached hydrogens (tertiary/aromatic N) is 2. The highest BCUT2D eigenvalue weighted by atomic mass is 16.2. The van der Waals surface area contributed by atoms with Crippen molar-refractivity contribution >= 4 is 23.4 Å². The Balaban J connectivity index is 1.65. The first-order chi connectivity index (χ1) is 11.9. The molecule has 3 amide bonds. The average molecular weight is 342 g/mol. The third-order valence-electron chi connectivity index (χ3n) is 5.79. The van der Waals surface area contributed by atoms with Gasteiger partial charge in [-0.05, 0) is 43.9 Å². The summed E-state index contributed by atoms with van der Waals surface area (Å²) in [4.78, 5) is 40.5. The van der Waals surface area contributed by atoms with E-state index in [-0.39, 0.29) is 42.5 Å². The first kappa shape index (κ1) is 17.6. The fourth-order valence-electron chi connectivity index (χ4n) is 4.06. The molecule has 1 heterocycles. The first-order valence-corrected chi connectivity index (χ1v) is 9.09. The van der Waals surface area contributed by atoms with E-state index in [1.807, 2.05) is 32.0 Å². The molecule has 1 aromatic carbocycles. The van der Waals surface area contributed by atoms with Gasteiger partial charge in [0.15, 0.2) is 0 Å². The summed E-state index contributed by atoms with van der Waals surface area (Å²) in [6.07, 6.45) is 3.82. The van der Waals surface area contributed by atoms with E-state index < -0.39 is 0 Å². The Bertz CT molecular complexity index is 689. The van der Waals surface area contributed by atoms with Crippen molar-refractivity contribution in [2.45, 2.75) is 46.0 Å². The molecule has 1 saturated heterocycles. The maximum absolute atomic E-state index is 12.6. The number of rotatable bonds is 4. The number of imide groups is 1. The molecule has 1 aliphatic heterocycles. The molecule has 3 rings (SSSR count). The molecule has 1 saturated carbocycles. The molecule has 0 radical (unpaired) electrons. The van der Waals surface area contributed by atoms with Gasteiger partial charge in [-0.25, -0.2) is 0 Å². The summed E-state index contributed by atoms with van der Waals surface area (Å²) in [6.45, 7) is 4.20. The molecule has 1 aromatic rings. The number of likely N-dealkylation sites (tertiary alicyclic amines) is 1. The Morgan fingerprint density at radius 1 is 1.12 bits per heavy atom. The van der Waals surface area contributed by atoms with E-state index in [4.69, 9.17) is 0 Å². The van der Waals surface area contributed by atoms with Crippen LogP contribution in [-0.2, 0) is 14.4 Å². The summed E-state index contributed by atoms with van der Waals surface area (Å²) in [5.41, 5.74) is 3.07. The lowest BCUT2D eigenvalue weighted by Crippen LogP contribution is -2.36. The van der Waals surface area contributed by atoms with Gasteiger partial charge in [0.1, 0.15) is 0 Å². The second kappa shape index (κ2) is 6.98. The van der Waals surface area contributed by atoms with E-state index >= 15 is 0 Å². The van der Waals surface area contributed by atoms with Crippen molar-refractivity contribution in [2.75, 3.05) is 18.5 Å². The van der Waals surface area contributed by atoms with Crippen molar-refractivity contribution in [3.05, 3.63) is 29.3 Å². The average Bonchev–Trinajstić information content (AvgIpc) is 2.86. The molecule has 2 fully saturated rings. The minimum atomic E-state index is -0.145. The molecule has 0 aromatic heterocycles. The molecule has 2 aliphatic rings. The van der Waals surface area contributed by atoms with Crippen molar-refractivity contribution in [1.29, 1.82) is 0 Å². The molecule has 0 N–H and O–H groups in total. The van der Waals surface area contributed by atoms with Gasteiger partial charge in [-0.15, -0.1) is 0 Å². The number of carbonyl (C=O) groups excluding carboxylic acids is 3. The van der Waals surface area contributed by atoms with Gasteiger partial charge in [0.2, 0.25) is 17.7 Å². The molecule has 0 spiro atoms. The molecule has 1 aliphatic carbocycles.